The van der Waals surface area contributed by atoms with Crippen LogP contribution in [0.5, 0.6) is 0 Å². The number of hydrogen-bond acceptors (Lipinski definition) is 3. The molecule has 0 heterocycles. The van der Waals surface area contributed by atoms with Gasteiger partial charge in [-0.3, -0.25) is 14.9 Å². The number of nitro groups is 1. The Morgan fingerprint density at radius 1 is 1.27 bits per heavy atom. The van der Waals surface area contributed by atoms with E-state index in [9.17, 15) is 19.3 Å². The number of nitrogens with zero attached hydrogens (tertiary/aromatic N) is 1. The van der Waals surface area contributed by atoms with Crippen molar-refractivity contribution in [3.05, 3.63) is 75.6 Å². The summed E-state index contributed by atoms with van der Waals surface area (Å²) in [6.45, 7) is 1.75. The molecule has 1 amide bonds. The van der Waals surface area contributed by atoms with Crippen LogP contribution in [-0.4, -0.2) is 10.8 Å². The lowest BCUT2D eigenvalue weighted by molar-refractivity contribution is -0.384. The molecule has 0 atom stereocenters. The molecular weight excluding hydrogens is 287 g/mol. The second-order valence-electron chi connectivity index (χ2n) is 4.63. The number of carbonyl (C=O) groups excluding carboxylic acids is 1. The van der Waals surface area contributed by atoms with Crippen LogP contribution < -0.4 is 5.32 Å². The molecule has 112 valence electrons. The molecule has 0 saturated heterocycles. The van der Waals surface area contributed by atoms with Gasteiger partial charge in [-0.1, -0.05) is 18.2 Å². The van der Waals surface area contributed by atoms with Crippen LogP contribution >= 0.6 is 0 Å². The van der Waals surface area contributed by atoms with E-state index in [0.29, 0.717) is 11.3 Å². The van der Waals surface area contributed by atoms with Crippen molar-refractivity contribution < 1.29 is 14.1 Å². The van der Waals surface area contributed by atoms with Crippen molar-refractivity contribution in [1.82, 2.24) is 0 Å². The largest absolute Gasteiger partial charge is 0.322 e. The van der Waals surface area contributed by atoms with Crippen LogP contribution in [0.2, 0.25) is 0 Å². The zero-order valence-electron chi connectivity index (χ0n) is 11.7. The van der Waals surface area contributed by atoms with Gasteiger partial charge in [-0.05, 0) is 36.3 Å². The molecule has 0 aliphatic heterocycles. The number of benzene rings is 2. The average molecular weight is 300 g/mol. The van der Waals surface area contributed by atoms with Crippen LogP contribution in [0.4, 0.5) is 15.8 Å². The number of nitro benzene ring substituents is 1. The van der Waals surface area contributed by atoms with Gasteiger partial charge >= 0.3 is 0 Å². The molecule has 0 spiro atoms. The van der Waals surface area contributed by atoms with Crippen LogP contribution in [0, 0.1) is 22.9 Å². The minimum absolute atomic E-state index is 0.0523. The highest BCUT2D eigenvalue weighted by Crippen LogP contribution is 2.17. The molecular formula is C16H13FN2O3. The quantitative estimate of drug-likeness (QED) is 0.531. The normalized spacial score (nSPS) is 10.6. The van der Waals surface area contributed by atoms with Gasteiger partial charge in [0.05, 0.1) is 4.92 Å². The molecule has 0 aromatic heterocycles. The van der Waals surface area contributed by atoms with E-state index in [4.69, 9.17) is 0 Å². The number of nitrogens with one attached hydrogen (secondary N) is 1. The highest BCUT2D eigenvalue weighted by molar-refractivity contribution is 6.02. The lowest BCUT2D eigenvalue weighted by Crippen LogP contribution is -2.09. The monoisotopic (exact) mass is 300 g/mol. The van der Waals surface area contributed by atoms with Gasteiger partial charge in [0, 0.05) is 23.9 Å². The standard InChI is InChI=1S/C16H13FN2O3/c1-11-5-7-13(17)10-15(11)18-16(20)8-6-12-3-2-4-14(9-12)19(21)22/h2-10H,1H3,(H,18,20)/b8-6+. The molecule has 2 aromatic carbocycles. The number of non-ortho nitro benzene ring substituents is 1. The molecule has 5 nitrogen and oxygen atoms in total. The molecule has 0 aliphatic rings. The number of aryl methyl sites for hydroxylation is 1. The minimum atomic E-state index is -0.506. The van der Waals surface area contributed by atoms with Gasteiger partial charge in [0.25, 0.3) is 5.69 Å². The van der Waals surface area contributed by atoms with Crippen molar-refractivity contribution in [2.45, 2.75) is 6.92 Å². The van der Waals surface area contributed by atoms with E-state index < -0.39 is 16.6 Å². The summed E-state index contributed by atoms with van der Waals surface area (Å²) in [7, 11) is 0. The number of anilines is 1. The Balaban J connectivity index is 2.10. The fraction of sp³-hybridized carbons (Fsp3) is 0.0625. The van der Waals surface area contributed by atoms with Gasteiger partial charge in [0.2, 0.25) is 5.91 Å². The Kier molecular flexibility index (Phi) is 4.63. The van der Waals surface area contributed by atoms with E-state index in [1.807, 2.05) is 0 Å². The lowest BCUT2D eigenvalue weighted by Gasteiger charge is -2.06. The highest BCUT2D eigenvalue weighted by Gasteiger charge is 2.05. The fourth-order valence-corrected chi connectivity index (χ4v) is 1.82. The second kappa shape index (κ2) is 6.62. The van der Waals surface area contributed by atoms with Crippen molar-refractivity contribution in [1.29, 1.82) is 0 Å². The summed E-state index contributed by atoms with van der Waals surface area (Å²) < 4.78 is 13.1. The van der Waals surface area contributed by atoms with E-state index in [0.717, 1.165) is 5.56 Å². The van der Waals surface area contributed by atoms with Crippen molar-refractivity contribution in [3.63, 3.8) is 0 Å². The van der Waals surface area contributed by atoms with E-state index in [-0.39, 0.29) is 5.69 Å². The third-order valence-electron chi connectivity index (χ3n) is 2.97. The van der Waals surface area contributed by atoms with E-state index in [1.165, 1.54) is 42.5 Å². The minimum Gasteiger partial charge on any atom is -0.322 e. The lowest BCUT2D eigenvalue weighted by atomic mass is 10.2. The third kappa shape index (κ3) is 3.99. The molecule has 0 fully saturated rings. The number of carbonyl (C=O) groups is 1. The maximum Gasteiger partial charge on any atom is 0.270 e. The molecule has 6 heteroatoms. The maximum atomic E-state index is 13.1. The molecule has 2 rings (SSSR count). The van der Waals surface area contributed by atoms with E-state index in [1.54, 1.807) is 19.1 Å². The molecule has 0 aliphatic carbocycles. The number of halogens is 1. The molecule has 0 unspecified atom stereocenters. The maximum absolute atomic E-state index is 13.1. The van der Waals surface area contributed by atoms with Gasteiger partial charge < -0.3 is 5.32 Å². The zero-order valence-corrected chi connectivity index (χ0v) is 11.7. The summed E-state index contributed by atoms with van der Waals surface area (Å²) >= 11 is 0. The summed E-state index contributed by atoms with van der Waals surface area (Å²) in [4.78, 5) is 22.0. The van der Waals surface area contributed by atoms with Crippen molar-refractivity contribution in [3.8, 4) is 0 Å². The number of amides is 1. The summed E-state index contributed by atoms with van der Waals surface area (Å²) in [5.74, 6) is -0.885. The van der Waals surface area contributed by atoms with Crippen molar-refractivity contribution >= 4 is 23.4 Å². The van der Waals surface area contributed by atoms with Gasteiger partial charge in [-0.25, -0.2) is 4.39 Å². The van der Waals surface area contributed by atoms with Gasteiger partial charge in [-0.2, -0.15) is 0 Å². The summed E-state index contributed by atoms with van der Waals surface area (Å²) in [6, 6.07) is 10.0. The Labute approximate surface area is 126 Å². The van der Waals surface area contributed by atoms with Crippen LogP contribution in [-0.2, 0) is 4.79 Å². The summed E-state index contributed by atoms with van der Waals surface area (Å²) in [5, 5.41) is 13.2. The topological polar surface area (TPSA) is 72.2 Å². The first-order valence-corrected chi connectivity index (χ1v) is 6.45. The Morgan fingerprint density at radius 2 is 2.05 bits per heavy atom. The van der Waals surface area contributed by atoms with E-state index >= 15 is 0 Å². The fourth-order valence-electron chi connectivity index (χ4n) is 1.82. The second-order valence-corrected chi connectivity index (χ2v) is 4.63. The van der Waals surface area contributed by atoms with Gasteiger partial charge in [0.1, 0.15) is 5.82 Å². The number of hydrogen-bond donors (Lipinski definition) is 1. The SMILES string of the molecule is Cc1ccc(F)cc1NC(=O)/C=C/c1cccc([N+](=O)[O-])c1. The first-order valence-electron chi connectivity index (χ1n) is 6.45. The molecule has 22 heavy (non-hydrogen) atoms. The molecule has 0 saturated carbocycles. The average Bonchev–Trinajstić information content (AvgIpc) is 2.49. The smallest absolute Gasteiger partial charge is 0.270 e. The third-order valence-corrected chi connectivity index (χ3v) is 2.97. The molecule has 0 radical (unpaired) electrons. The van der Waals surface area contributed by atoms with Crippen LogP contribution in [0.3, 0.4) is 0 Å². The first-order chi connectivity index (χ1) is 10.5. The van der Waals surface area contributed by atoms with Crippen LogP contribution in [0.25, 0.3) is 6.08 Å². The van der Waals surface area contributed by atoms with Crippen molar-refractivity contribution in [2.24, 2.45) is 0 Å². The van der Waals surface area contributed by atoms with Crippen LogP contribution in [0.1, 0.15) is 11.1 Å². The summed E-state index contributed by atoms with van der Waals surface area (Å²) in [5.41, 5.74) is 1.59. The predicted octanol–water partition coefficient (Wildman–Crippen LogP) is 3.69. The molecule has 0 bridgehead atoms. The first kappa shape index (κ1) is 15.4. The van der Waals surface area contributed by atoms with E-state index in [2.05, 4.69) is 5.32 Å². The highest BCUT2D eigenvalue weighted by atomic mass is 19.1. The number of rotatable bonds is 4. The Hall–Kier alpha value is -3.02. The molecule has 1 N–H and O–H groups in total. The Morgan fingerprint density at radius 3 is 2.77 bits per heavy atom. The van der Waals surface area contributed by atoms with Gasteiger partial charge in [0.15, 0.2) is 0 Å². The van der Waals surface area contributed by atoms with Crippen molar-refractivity contribution in [2.75, 3.05) is 5.32 Å². The van der Waals surface area contributed by atoms with Gasteiger partial charge in [-0.15, -0.1) is 0 Å². The summed E-state index contributed by atoms with van der Waals surface area (Å²) in [6.07, 6.45) is 2.69. The predicted molar refractivity (Wildman–Crippen MR) is 81.9 cm³/mol. The van der Waals surface area contributed by atoms with Crippen LogP contribution in [0.15, 0.2) is 48.5 Å². The Bertz CT molecular complexity index is 757. The zero-order chi connectivity index (χ0) is 16.1. The molecule has 2 aromatic rings.